The third kappa shape index (κ3) is 2.70. The van der Waals surface area contributed by atoms with Gasteiger partial charge in [0.2, 0.25) is 0 Å². The summed E-state index contributed by atoms with van der Waals surface area (Å²) in [7, 11) is 0. The molecule has 1 fully saturated rings. The van der Waals surface area contributed by atoms with Crippen LogP contribution in [0.25, 0.3) is 0 Å². The van der Waals surface area contributed by atoms with Gasteiger partial charge in [-0.25, -0.2) is 4.79 Å². The Labute approximate surface area is 105 Å². The van der Waals surface area contributed by atoms with Crippen molar-refractivity contribution in [3.8, 4) is 0 Å². The number of carbonyl (C=O) groups is 1. The molecule has 1 saturated heterocycles. The van der Waals surface area contributed by atoms with Crippen LogP contribution in [0, 0.1) is 0 Å². The number of hydrogen-bond acceptors (Lipinski definition) is 3. The molecule has 0 radical (unpaired) electrons. The first kappa shape index (κ1) is 12.2. The molecule has 2 N–H and O–H groups in total. The van der Waals surface area contributed by atoms with Crippen molar-refractivity contribution in [2.75, 3.05) is 11.9 Å². The highest BCUT2D eigenvalue weighted by molar-refractivity contribution is 6.33. The summed E-state index contributed by atoms with van der Waals surface area (Å²) < 4.78 is 5.44. The van der Waals surface area contributed by atoms with Gasteiger partial charge in [0, 0.05) is 12.3 Å². The van der Waals surface area contributed by atoms with Crippen molar-refractivity contribution in [2.24, 2.45) is 0 Å². The summed E-state index contributed by atoms with van der Waals surface area (Å²) in [6, 6.07) is 5.12. The van der Waals surface area contributed by atoms with Gasteiger partial charge in [-0.3, -0.25) is 0 Å². The summed E-state index contributed by atoms with van der Waals surface area (Å²) in [5.74, 6) is -1.01. The molecule has 0 bridgehead atoms. The van der Waals surface area contributed by atoms with Crippen LogP contribution in [0.3, 0.4) is 0 Å². The molecule has 1 aliphatic heterocycles. The molecular weight excluding hydrogens is 242 g/mol. The number of aromatic carboxylic acids is 1. The van der Waals surface area contributed by atoms with Crippen molar-refractivity contribution in [3.05, 3.63) is 28.8 Å². The minimum absolute atomic E-state index is 0.118. The highest BCUT2D eigenvalue weighted by atomic mass is 35.5. The summed E-state index contributed by atoms with van der Waals surface area (Å²) in [5.41, 5.74) is 0.940. The lowest BCUT2D eigenvalue weighted by molar-refractivity contribution is 0.0697. The summed E-state index contributed by atoms with van der Waals surface area (Å²) in [6.07, 6.45) is 1.10. The molecule has 0 aromatic heterocycles. The van der Waals surface area contributed by atoms with Gasteiger partial charge < -0.3 is 15.2 Å². The van der Waals surface area contributed by atoms with Crippen LogP contribution in [0.5, 0.6) is 0 Å². The van der Waals surface area contributed by atoms with E-state index in [1.807, 2.05) is 6.92 Å². The second-order valence-corrected chi connectivity index (χ2v) is 4.52. The van der Waals surface area contributed by atoms with Gasteiger partial charge in [0.15, 0.2) is 0 Å². The molecule has 0 saturated carbocycles. The smallest absolute Gasteiger partial charge is 0.337 e. The zero-order valence-electron chi connectivity index (χ0n) is 9.44. The van der Waals surface area contributed by atoms with E-state index in [2.05, 4.69) is 5.32 Å². The molecule has 0 amide bonds. The summed E-state index contributed by atoms with van der Waals surface area (Å²) in [6.45, 7) is 2.76. The number of halogens is 1. The monoisotopic (exact) mass is 255 g/mol. The van der Waals surface area contributed by atoms with Gasteiger partial charge in [-0.1, -0.05) is 11.6 Å². The first-order valence-electron chi connectivity index (χ1n) is 5.49. The highest BCUT2D eigenvalue weighted by Crippen LogP contribution is 2.24. The lowest BCUT2D eigenvalue weighted by Crippen LogP contribution is -2.26. The van der Waals surface area contributed by atoms with Crippen LogP contribution in [0.4, 0.5) is 5.69 Å². The SMILES string of the molecule is CC1OCCC1Nc1ccc(C(=O)O)c(Cl)c1. The number of nitrogens with one attached hydrogen (secondary N) is 1. The van der Waals surface area contributed by atoms with Crippen LogP contribution in [-0.2, 0) is 4.74 Å². The van der Waals surface area contributed by atoms with Crippen LogP contribution in [0.2, 0.25) is 5.02 Å². The molecule has 2 unspecified atom stereocenters. The number of hydrogen-bond donors (Lipinski definition) is 2. The standard InChI is InChI=1S/C12H14ClNO3/c1-7-11(4-5-17-7)14-8-2-3-9(12(15)16)10(13)6-8/h2-3,6-7,11,14H,4-5H2,1H3,(H,15,16). The van der Waals surface area contributed by atoms with Gasteiger partial charge in [0.1, 0.15) is 0 Å². The second kappa shape index (κ2) is 4.94. The quantitative estimate of drug-likeness (QED) is 0.872. The largest absolute Gasteiger partial charge is 0.478 e. The van der Waals surface area contributed by atoms with E-state index >= 15 is 0 Å². The number of carboxylic acids is 1. The maximum Gasteiger partial charge on any atom is 0.337 e. The lowest BCUT2D eigenvalue weighted by Gasteiger charge is -2.17. The minimum atomic E-state index is -1.01. The molecule has 17 heavy (non-hydrogen) atoms. The molecule has 4 nitrogen and oxygen atoms in total. The number of anilines is 1. The minimum Gasteiger partial charge on any atom is -0.478 e. The van der Waals surface area contributed by atoms with Crippen LogP contribution in [0.1, 0.15) is 23.7 Å². The van der Waals surface area contributed by atoms with Crippen LogP contribution < -0.4 is 5.32 Å². The second-order valence-electron chi connectivity index (χ2n) is 4.12. The van der Waals surface area contributed by atoms with E-state index in [4.69, 9.17) is 21.4 Å². The Hall–Kier alpha value is -1.26. The summed E-state index contributed by atoms with van der Waals surface area (Å²) in [4.78, 5) is 10.8. The average Bonchev–Trinajstić information content (AvgIpc) is 2.64. The van der Waals surface area contributed by atoms with E-state index in [-0.39, 0.29) is 22.7 Å². The van der Waals surface area contributed by atoms with E-state index in [0.29, 0.717) is 0 Å². The predicted molar refractivity (Wildman–Crippen MR) is 65.9 cm³/mol. The predicted octanol–water partition coefficient (Wildman–Crippen LogP) is 2.63. The van der Waals surface area contributed by atoms with E-state index in [0.717, 1.165) is 18.7 Å². The van der Waals surface area contributed by atoms with Crippen molar-refractivity contribution in [1.82, 2.24) is 0 Å². The number of ether oxygens (including phenoxy) is 1. The Balaban J connectivity index is 2.12. The maximum absolute atomic E-state index is 10.8. The molecule has 1 aliphatic rings. The Bertz CT molecular complexity index is 436. The van der Waals surface area contributed by atoms with Gasteiger partial charge in [-0.2, -0.15) is 0 Å². The Morgan fingerprint density at radius 2 is 2.35 bits per heavy atom. The Morgan fingerprint density at radius 1 is 1.59 bits per heavy atom. The van der Waals surface area contributed by atoms with E-state index in [1.54, 1.807) is 12.1 Å². The zero-order valence-corrected chi connectivity index (χ0v) is 10.2. The number of carboxylic acid groups (broad SMARTS) is 1. The molecule has 5 heteroatoms. The van der Waals surface area contributed by atoms with E-state index < -0.39 is 5.97 Å². The summed E-state index contributed by atoms with van der Waals surface area (Å²) >= 11 is 5.89. The fourth-order valence-electron chi connectivity index (χ4n) is 1.91. The molecule has 0 spiro atoms. The highest BCUT2D eigenvalue weighted by Gasteiger charge is 2.24. The fraction of sp³-hybridized carbons (Fsp3) is 0.417. The molecule has 1 aromatic carbocycles. The molecule has 92 valence electrons. The normalized spacial score (nSPS) is 23.6. The van der Waals surface area contributed by atoms with E-state index in [9.17, 15) is 4.79 Å². The van der Waals surface area contributed by atoms with Crippen molar-refractivity contribution in [2.45, 2.75) is 25.5 Å². The number of rotatable bonds is 3. The molecule has 1 aromatic rings. The average molecular weight is 256 g/mol. The van der Waals surface area contributed by atoms with Crippen LogP contribution >= 0.6 is 11.6 Å². The molecule has 1 heterocycles. The van der Waals surface area contributed by atoms with Crippen LogP contribution in [-0.4, -0.2) is 29.8 Å². The third-order valence-corrected chi connectivity index (χ3v) is 3.24. The zero-order chi connectivity index (χ0) is 12.4. The molecule has 2 atom stereocenters. The van der Waals surface area contributed by atoms with Gasteiger partial charge >= 0.3 is 5.97 Å². The first-order chi connectivity index (χ1) is 8.08. The van der Waals surface area contributed by atoms with Gasteiger partial charge in [0.25, 0.3) is 0 Å². The first-order valence-corrected chi connectivity index (χ1v) is 5.86. The van der Waals surface area contributed by atoms with Crippen molar-refractivity contribution in [1.29, 1.82) is 0 Å². The molecule has 2 rings (SSSR count). The van der Waals surface area contributed by atoms with Crippen LogP contribution in [0.15, 0.2) is 18.2 Å². The van der Waals surface area contributed by atoms with Crippen molar-refractivity contribution in [3.63, 3.8) is 0 Å². The maximum atomic E-state index is 10.8. The Kier molecular flexibility index (Phi) is 3.54. The lowest BCUT2D eigenvalue weighted by atomic mass is 10.1. The van der Waals surface area contributed by atoms with Crippen molar-refractivity contribution >= 4 is 23.3 Å². The van der Waals surface area contributed by atoms with Gasteiger partial charge in [-0.05, 0) is 31.5 Å². The topological polar surface area (TPSA) is 58.6 Å². The van der Waals surface area contributed by atoms with Gasteiger partial charge in [-0.15, -0.1) is 0 Å². The Morgan fingerprint density at radius 3 is 2.88 bits per heavy atom. The fourth-order valence-corrected chi connectivity index (χ4v) is 2.18. The van der Waals surface area contributed by atoms with Crippen molar-refractivity contribution < 1.29 is 14.6 Å². The third-order valence-electron chi connectivity index (χ3n) is 2.93. The number of benzene rings is 1. The van der Waals surface area contributed by atoms with E-state index in [1.165, 1.54) is 6.07 Å². The molecular formula is C12H14ClNO3. The summed E-state index contributed by atoms with van der Waals surface area (Å²) in [5, 5.41) is 12.4. The molecule has 0 aliphatic carbocycles. The van der Waals surface area contributed by atoms with Gasteiger partial charge in [0.05, 0.1) is 22.7 Å².